The number of likely N-dealkylation sites (tertiary alicyclic amines) is 1. The van der Waals surface area contributed by atoms with Gasteiger partial charge in [-0.2, -0.15) is 0 Å². The van der Waals surface area contributed by atoms with Gasteiger partial charge in [0.05, 0.1) is 6.10 Å². The van der Waals surface area contributed by atoms with Crippen LogP contribution in [0.2, 0.25) is 0 Å². The van der Waals surface area contributed by atoms with E-state index < -0.39 is 5.60 Å². The summed E-state index contributed by atoms with van der Waals surface area (Å²) in [5.74, 6) is 0. The SMILES string of the molecule is COC1CC(NC2CCN(C(=O)OC(C)(C)C)C3(CCC3)C2)C1. The lowest BCUT2D eigenvalue weighted by Gasteiger charge is -2.55. The Bertz CT molecular complexity index is 436. The highest BCUT2D eigenvalue weighted by Crippen LogP contribution is 2.45. The lowest BCUT2D eigenvalue weighted by atomic mass is 9.68. The van der Waals surface area contributed by atoms with E-state index in [4.69, 9.17) is 9.47 Å². The van der Waals surface area contributed by atoms with Crippen molar-refractivity contribution in [2.45, 2.75) is 95.0 Å². The van der Waals surface area contributed by atoms with E-state index in [1.165, 1.54) is 6.42 Å². The first-order valence-electron chi connectivity index (χ1n) is 9.11. The van der Waals surface area contributed by atoms with Crippen LogP contribution in [0.15, 0.2) is 0 Å². The van der Waals surface area contributed by atoms with Gasteiger partial charge in [-0.3, -0.25) is 0 Å². The first-order chi connectivity index (χ1) is 10.8. The molecule has 3 rings (SSSR count). The molecular formula is C18H32N2O3. The Morgan fingerprint density at radius 3 is 2.43 bits per heavy atom. The minimum absolute atomic E-state index is 0.0443. The first-order valence-corrected chi connectivity index (χ1v) is 9.11. The Balaban J connectivity index is 1.56. The summed E-state index contributed by atoms with van der Waals surface area (Å²) in [7, 11) is 1.80. The Hall–Kier alpha value is -0.810. The number of rotatable bonds is 3. The maximum Gasteiger partial charge on any atom is 0.410 e. The van der Waals surface area contributed by atoms with Crippen molar-refractivity contribution in [2.24, 2.45) is 0 Å². The number of hydrogen-bond donors (Lipinski definition) is 1. The molecule has 5 heteroatoms. The summed E-state index contributed by atoms with van der Waals surface area (Å²) in [6.45, 7) is 6.63. The van der Waals surface area contributed by atoms with Crippen molar-refractivity contribution >= 4 is 6.09 Å². The van der Waals surface area contributed by atoms with Gasteiger partial charge in [-0.1, -0.05) is 0 Å². The number of methoxy groups -OCH3 is 1. The van der Waals surface area contributed by atoms with Crippen molar-refractivity contribution in [1.29, 1.82) is 0 Å². The zero-order chi connectivity index (χ0) is 16.7. The van der Waals surface area contributed by atoms with Gasteiger partial charge in [-0.05, 0) is 65.7 Å². The summed E-state index contributed by atoms with van der Waals surface area (Å²) < 4.78 is 11.0. The molecule has 23 heavy (non-hydrogen) atoms. The Morgan fingerprint density at radius 1 is 1.22 bits per heavy atom. The van der Waals surface area contributed by atoms with E-state index in [0.717, 1.165) is 45.1 Å². The number of amides is 1. The van der Waals surface area contributed by atoms with Crippen LogP contribution < -0.4 is 5.32 Å². The van der Waals surface area contributed by atoms with Crippen molar-refractivity contribution in [3.05, 3.63) is 0 Å². The second kappa shape index (κ2) is 6.25. The van der Waals surface area contributed by atoms with E-state index in [-0.39, 0.29) is 11.6 Å². The number of hydrogen-bond acceptors (Lipinski definition) is 4. The number of carbonyl (C=O) groups excluding carboxylic acids is 1. The monoisotopic (exact) mass is 324 g/mol. The molecular weight excluding hydrogens is 292 g/mol. The highest BCUT2D eigenvalue weighted by Gasteiger charge is 2.50. The highest BCUT2D eigenvalue weighted by atomic mass is 16.6. The lowest BCUT2D eigenvalue weighted by Crippen LogP contribution is -2.64. The summed E-state index contributed by atoms with van der Waals surface area (Å²) >= 11 is 0. The molecule has 132 valence electrons. The van der Waals surface area contributed by atoms with Crippen molar-refractivity contribution in [3.8, 4) is 0 Å². The lowest BCUT2D eigenvalue weighted by molar-refractivity contribution is -0.0539. The molecule has 0 bridgehead atoms. The standard InChI is InChI=1S/C18H32N2O3/c1-17(2,3)23-16(21)20-9-6-13(12-18(20)7-5-8-18)19-14-10-15(11-14)22-4/h13-15,19H,5-12H2,1-4H3. The first kappa shape index (κ1) is 17.0. The second-order valence-electron chi connectivity index (χ2n) is 8.59. The Kier molecular flexibility index (Phi) is 4.62. The molecule has 1 heterocycles. The Labute approximate surface area is 140 Å². The summed E-state index contributed by atoms with van der Waals surface area (Å²) in [5, 5.41) is 3.79. The van der Waals surface area contributed by atoms with Gasteiger partial charge in [0, 0.05) is 31.3 Å². The van der Waals surface area contributed by atoms with Crippen LogP contribution in [0, 0.1) is 0 Å². The fourth-order valence-electron chi connectivity index (χ4n) is 4.22. The minimum atomic E-state index is -0.418. The van der Waals surface area contributed by atoms with E-state index in [1.807, 2.05) is 25.7 Å². The predicted octanol–water partition coefficient (Wildman–Crippen LogP) is 3.08. The van der Waals surface area contributed by atoms with E-state index in [0.29, 0.717) is 18.2 Å². The highest BCUT2D eigenvalue weighted by molar-refractivity contribution is 5.69. The van der Waals surface area contributed by atoms with Gasteiger partial charge in [-0.15, -0.1) is 0 Å². The van der Waals surface area contributed by atoms with Gasteiger partial charge in [0.2, 0.25) is 0 Å². The van der Waals surface area contributed by atoms with Crippen molar-refractivity contribution < 1.29 is 14.3 Å². The van der Waals surface area contributed by atoms with Crippen LogP contribution in [0.4, 0.5) is 4.79 Å². The number of nitrogens with zero attached hydrogens (tertiary/aromatic N) is 1. The number of piperidine rings is 1. The topological polar surface area (TPSA) is 50.8 Å². The zero-order valence-corrected chi connectivity index (χ0v) is 15.1. The molecule has 1 atom stereocenters. The van der Waals surface area contributed by atoms with Gasteiger partial charge >= 0.3 is 6.09 Å². The quantitative estimate of drug-likeness (QED) is 0.867. The van der Waals surface area contributed by atoms with Crippen molar-refractivity contribution in [3.63, 3.8) is 0 Å². The van der Waals surface area contributed by atoms with Gasteiger partial charge < -0.3 is 19.7 Å². The number of ether oxygens (including phenoxy) is 2. The molecule has 1 saturated heterocycles. The van der Waals surface area contributed by atoms with Gasteiger partial charge in [0.15, 0.2) is 0 Å². The molecule has 2 aliphatic carbocycles. The van der Waals surface area contributed by atoms with Crippen LogP contribution in [-0.4, -0.2) is 54.0 Å². The van der Waals surface area contributed by atoms with E-state index in [9.17, 15) is 4.79 Å². The van der Waals surface area contributed by atoms with Crippen LogP contribution >= 0.6 is 0 Å². The summed E-state index contributed by atoms with van der Waals surface area (Å²) in [4.78, 5) is 14.6. The molecule has 0 aromatic heterocycles. The van der Waals surface area contributed by atoms with Crippen LogP contribution in [0.5, 0.6) is 0 Å². The van der Waals surface area contributed by atoms with Gasteiger partial charge in [0.25, 0.3) is 0 Å². The zero-order valence-electron chi connectivity index (χ0n) is 15.1. The molecule has 2 saturated carbocycles. The van der Waals surface area contributed by atoms with Crippen molar-refractivity contribution in [1.82, 2.24) is 10.2 Å². The van der Waals surface area contributed by atoms with Crippen molar-refractivity contribution in [2.75, 3.05) is 13.7 Å². The fourth-order valence-corrected chi connectivity index (χ4v) is 4.22. The maximum atomic E-state index is 12.6. The minimum Gasteiger partial charge on any atom is -0.444 e. The average Bonchev–Trinajstić information content (AvgIpc) is 2.38. The van der Waals surface area contributed by atoms with Crippen LogP contribution in [0.25, 0.3) is 0 Å². The van der Waals surface area contributed by atoms with E-state index in [2.05, 4.69) is 5.32 Å². The normalized spacial score (nSPS) is 33.0. The average molecular weight is 324 g/mol. The molecule has 5 nitrogen and oxygen atoms in total. The molecule has 1 aliphatic heterocycles. The second-order valence-corrected chi connectivity index (χ2v) is 8.59. The van der Waals surface area contributed by atoms with Gasteiger partial charge in [0.1, 0.15) is 5.60 Å². The van der Waals surface area contributed by atoms with Crippen LogP contribution in [0.1, 0.15) is 65.7 Å². The molecule has 0 aromatic carbocycles. The predicted molar refractivity (Wildman–Crippen MR) is 89.5 cm³/mol. The molecule has 0 aromatic rings. The Morgan fingerprint density at radius 2 is 1.91 bits per heavy atom. The summed E-state index contributed by atoms with van der Waals surface area (Å²) in [5.41, 5.74) is -0.374. The van der Waals surface area contributed by atoms with Crippen LogP contribution in [0.3, 0.4) is 0 Å². The molecule has 1 amide bonds. The summed E-state index contributed by atoms with van der Waals surface area (Å²) in [6.07, 6.45) is 8.11. The molecule has 1 N–H and O–H groups in total. The molecule has 3 aliphatic rings. The van der Waals surface area contributed by atoms with Gasteiger partial charge in [-0.25, -0.2) is 4.79 Å². The smallest absolute Gasteiger partial charge is 0.410 e. The number of carbonyl (C=O) groups is 1. The number of nitrogens with one attached hydrogen (secondary N) is 1. The van der Waals surface area contributed by atoms with Crippen LogP contribution in [-0.2, 0) is 9.47 Å². The summed E-state index contributed by atoms with van der Waals surface area (Å²) in [6, 6.07) is 1.12. The third-order valence-electron chi connectivity index (χ3n) is 5.70. The third kappa shape index (κ3) is 3.66. The molecule has 3 fully saturated rings. The van der Waals surface area contributed by atoms with E-state index >= 15 is 0 Å². The molecule has 0 radical (unpaired) electrons. The van der Waals surface area contributed by atoms with E-state index in [1.54, 1.807) is 7.11 Å². The largest absolute Gasteiger partial charge is 0.444 e. The maximum absolute atomic E-state index is 12.6. The molecule has 1 spiro atoms. The fraction of sp³-hybridized carbons (Fsp3) is 0.944. The third-order valence-corrected chi connectivity index (χ3v) is 5.70. The molecule has 1 unspecified atom stereocenters.